The highest BCUT2D eigenvalue weighted by atomic mass is 19.1. The minimum atomic E-state index is -1.27. The van der Waals surface area contributed by atoms with Gasteiger partial charge in [-0.2, -0.15) is 0 Å². The lowest BCUT2D eigenvalue weighted by atomic mass is 10.0. The van der Waals surface area contributed by atoms with Crippen LogP contribution in [-0.4, -0.2) is 65.6 Å². The molecule has 3 heterocycles. The number of ether oxygens (including phenoxy) is 3. The highest BCUT2D eigenvalue weighted by Crippen LogP contribution is 2.47. The molecular weight excluding hydrogens is 572 g/mol. The Morgan fingerprint density at radius 1 is 1.00 bits per heavy atom. The summed E-state index contributed by atoms with van der Waals surface area (Å²) in [7, 11) is 0. The van der Waals surface area contributed by atoms with Gasteiger partial charge in [-0.05, 0) is 62.2 Å². The second-order valence-corrected chi connectivity index (χ2v) is 10.9. The molecule has 2 aliphatic rings. The van der Waals surface area contributed by atoms with Crippen molar-refractivity contribution in [1.29, 1.82) is 0 Å². The Hall–Kier alpha value is -4.68. The van der Waals surface area contributed by atoms with Gasteiger partial charge in [0.2, 0.25) is 17.7 Å². The number of nitrogens with one attached hydrogen (secondary N) is 2. The van der Waals surface area contributed by atoms with Crippen LogP contribution < -0.4 is 20.1 Å². The fourth-order valence-electron chi connectivity index (χ4n) is 5.02. The molecule has 2 amide bonds. The monoisotopic (exact) mass is 603 g/mol. The van der Waals surface area contributed by atoms with Crippen molar-refractivity contribution < 1.29 is 32.6 Å². The maximum Gasteiger partial charge on any atom is 0.240 e. The number of halogens is 2. The van der Waals surface area contributed by atoms with Crippen LogP contribution in [0.1, 0.15) is 19.8 Å². The molecule has 1 aliphatic heterocycles. The lowest BCUT2D eigenvalue weighted by molar-refractivity contribution is -0.131. The normalized spacial score (nSPS) is 17.6. The SMILES string of the molecule is C[C@@H]1COCCN1CCOc1cc2nccc(Oc3ccc(NC(=O)C4(C(=O)Nc5ccc(F)cc5)CC4)cc3F)c2cn1. The van der Waals surface area contributed by atoms with E-state index in [0.717, 1.165) is 19.2 Å². The molecule has 2 N–H and O–H groups in total. The second kappa shape index (κ2) is 12.5. The molecule has 6 rings (SSSR count). The lowest BCUT2D eigenvalue weighted by Crippen LogP contribution is -2.45. The van der Waals surface area contributed by atoms with E-state index in [-0.39, 0.29) is 11.4 Å². The molecule has 2 aromatic heterocycles. The zero-order chi connectivity index (χ0) is 30.7. The molecule has 228 valence electrons. The summed E-state index contributed by atoms with van der Waals surface area (Å²) in [6, 6.07) is 12.9. The summed E-state index contributed by atoms with van der Waals surface area (Å²) < 4.78 is 45.5. The second-order valence-electron chi connectivity index (χ2n) is 10.9. The van der Waals surface area contributed by atoms with Crippen LogP contribution in [0.3, 0.4) is 0 Å². The topological polar surface area (TPSA) is 115 Å². The Balaban J connectivity index is 1.08. The number of rotatable bonds is 10. The zero-order valence-corrected chi connectivity index (χ0v) is 24.0. The number of fused-ring (bicyclic) bond motifs is 1. The summed E-state index contributed by atoms with van der Waals surface area (Å²) in [5, 5.41) is 5.85. The zero-order valence-electron chi connectivity index (χ0n) is 24.0. The molecule has 4 aromatic rings. The molecule has 12 heteroatoms. The van der Waals surface area contributed by atoms with Crippen molar-refractivity contribution in [2.75, 3.05) is 43.5 Å². The summed E-state index contributed by atoms with van der Waals surface area (Å²) >= 11 is 0. The molecule has 0 unspecified atom stereocenters. The number of anilines is 2. The molecule has 1 atom stereocenters. The van der Waals surface area contributed by atoms with E-state index in [2.05, 4.69) is 32.4 Å². The minimum absolute atomic E-state index is 0.0642. The summed E-state index contributed by atoms with van der Waals surface area (Å²) in [4.78, 5) is 36.9. The van der Waals surface area contributed by atoms with Gasteiger partial charge in [-0.25, -0.2) is 13.8 Å². The molecule has 1 saturated heterocycles. The first-order chi connectivity index (χ1) is 21.3. The predicted molar refractivity (Wildman–Crippen MR) is 159 cm³/mol. The van der Waals surface area contributed by atoms with E-state index >= 15 is 4.39 Å². The lowest BCUT2D eigenvalue weighted by Gasteiger charge is -2.32. The summed E-state index contributed by atoms with van der Waals surface area (Å²) in [6.07, 6.45) is 3.81. The van der Waals surface area contributed by atoms with E-state index in [9.17, 15) is 14.0 Å². The van der Waals surface area contributed by atoms with Crippen LogP contribution >= 0.6 is 0 Å². The van der Waals surface area contributed by atoms with Gasteiger partial charge in [0.25, 0.3) is 0 Å². The Labute approximate surface area is 252 Å². The molecule has 2 aromatic carbocycles. The molecule has 1 saturated carbocycles. The first-order valence-electron chi connectivity index (χ1n) is 14.4. The van der Waals surface area contributed by atoms with Crippen LogP contribution in [0.15, 0.2) is 67.0 Å². The summed E-state index contributed by atoms with van der Waals surface area (Å²) in [6.45, 7) is 5.61. The molecule has 0 bridgehead atoms. The van der Waals surface area contributed by atoms with Crippen molar-refractivity contribution in [3.05, 3.63) is 78.6 Å². The number of hydrogen-bond acceptors (Lipinski definition) is 8. The Bertz CT molecular complexity index is 1680. The van der Waals surface area contributed by atoms with Gasteiger partial charge in [-0.15, -0.1) is 0 Å². The van der Waals surface area contributed by atoms with E-state index in [0.29, 0.717) is 66.9 Å². The van der Waals surface area contributed by atoms with Crippen LogP contribution in [0, 0.1) is 17.0 Å². The number of amides is 2. The van der Waals surface area contributed by atoms with Gasteiger partial charge in [-0.3, -0.25) is 19.5 Å². The molecule has 0 spiro atoms. The van der Waals surface area contributed by atoms with Gasteiger partial charge < -0.3 is 24.8 Å². The number of hydrogen-bond donors (Lipinski definition) is 2. The van der Waals surface area contributed by atoms with Gasteiger partial charge in [0.1, 0.15) is 23.6 Å². The van der Waals surface area contributed by atoms with Gasteiger partial charge in [0.05, 0.1) is 24.1 Å². The van der Waals surface area contributed by atoms with Crippen LogP contribution in [0.4, 0.5) is 20.2 Å². The van der Waals surface area contributed by atoms with E-state index in [1.54, 1.807) is 24.5 Å². The fourth-order valence-corrected chi connectivity index (χ4v) is 5.02. The highest BCUT2D eigenvalue weighted by Gasteiger charge is 2.56. The fraction of sp³-hybridized carbons (Fsp3) is 0.312. The maximum absolute atomic E-state index is 15.1. The number of aromatic nitrogens is 2. The number of carbonyl (C=O) groups is 2. The van der Waals surface area contributed by atoms with Crippen LogP contribution in [-0.2, 0) is 14.3 Å². The summed E-state index contributed by atoms with van der Waals surface area (Å²) in [5.74, 6) is -1.48. The van der Waals surface area contributed by atoms with Crippen molar-refractivity contribution in [1.82, 2.24) is 14.9 Å². The van der Waals surface area contributed by atoms with Crippen molar-refractivity contribution in [2.45, 2.75) is 25.8 Å². The number of benzene rings is 2. The van der Waals surface area contributed by atoms with Crippen LogP contribution in [0.5, 0.6) is 17.4 Å². The van der Waals surface area contributed by atoms with Gasteiger partial charge in [0, 0.05) is 55.0 Å². The van der Waals surface area contributed by atoms with E-state index in [1.807, 2.05) is 0 Å². The standard InChI is InChI=1S/C32H31F2N5O5/c1-20-19-42-14-12-39(20)13-15-43-29-17-26-24(18-36-29)27(8-11-35-26)44-28-7-6-23(16-25(28)34)38-31(41)32(9-10-32)30(40)37-22-4-2-21(33)3-5-22/h2-8,11,16-18,20H,9-10,12-15,19H2,1H3,(H,37,40)(H,38,41)/t20-/m1/s1. The van der Waals surface area contributed by atoms with Gasteiger partial charge >= 0.3 is 0 Å². The molecule has 10 nitrogen and oxygen atoms in total. The Morgan fingerprint density at radius 3 is 2.48 bits per heavy atom. The minimum Gasteiger partial charge on any atom is -0.476 e. The first-order valence-corrected chi connectivity index (χ1v) is 14.4. The van der Waals surface area contributed by atoms with Crippen molar-refractivity contribution in [3.8, 4) is 17.4 Å². The summed E-state index contributed by atoms with van der Waals surface area (Å²) in [5.41, 5.74) is -0.142. The quantitative estimate of drug-likeness (QED) is 0.239. The van der Waals surface area contributed by atoms with Crippen molar-refractivity contribution in [3.63, 3.8) is 0 Å². The largest absolute Gasteiger partial charge is 0.476 e. The number of morpholine rings is 1. The predicted octanol–water partition coefficient (Wildman–Crippen LogP) is 5.16. The van der Waals surface area contributed by atoms with Gasteiger partial charge in [0.15, 0.2) is 11.6 Å². The third-order valence-corrected chi connectivity index (χ3v) is 7.83. The smallest absolute Gasteiger partial charge is 0.240 e. The number of carbonyl (C=O) groups excluding carboxylic acids is 2. The molecule has 0 radical (unpaired) electrons. The molecule has 1 aliphatic carbocycles. The van der Waals surface area contributed by atoms with E-state index in [1.165, 1.54) is 36.4 Å². The van der Waals surface area contributed by atoms with Crippen LogP contribution in [0.2, 0.25) is 0 Å². The third-order valence-electron chi connectivity index (χ3n) is 7.83. The highest BCUT2D eigenvalue weighted by molar-refractivity contribution is 6.16. The maximum atomic E-state index is 15.1. The molecule has 2 fully saturated rings. The molecule has 44 heavy (non-hydrogen) atoms. The van der Waals surface area contributed by atoms with E-state index in [4.69, 9.17) is 14.2 Å². The third kappa shape index (κ3) is 6.46. The average Bonchev–Trinajstić information content (AvgIpc) is 3.83. The van der Waals surface area contributed by atoms with Gasteiger partial charge in [-0.1, -0.05) is 0 Å². The van der Waals surface area contributed by atoms with Crippen molar-refractivity contribution >= 4 is 34.1 Å². The van der Waals surface area contributed by atoms with Crippen LogP contribution in [0.25, 0.3) is 10.9 Å². The molecular formula is C32H31F2N5O5. The Kier molecular flexibility index (Phi) is 8.36. The number of pyridine rings is 2. The Morgan fingerprint density at radius 2 is 1.75 bits per heavy atom. The van der Waals surface area contributed by atoms with Crippen molar-refractivity contribution in [2.24, 2.45) is 5.41 Å². The van der Waals surface area contributed by atoms with E-state index < -0.39 is 28.9 Å². The number of nitrogens with zero attached hydrogens (tertiary/aromatic N) is 3. The first kappa shape index (κ1) is 29.4. The average molecular weight is 604 g/mol.